The lowest BCUT2D eigenvalue weighted by molar-refractivity contribution is 0.283. The second-order valence-electron chi connectivity index (χ2n) is 7.12. The molecular formula is C25H27NO3. The summed E-state index contributed by atoms with van der Waals surface area (Å²) in [4.78, 5) is 0. The summed E-state index contributed by atoms with van der Waals surface area (Å²) in [6.45, 7) is 4.11. The minimum absolute atomic E-state index is 0.124. The Bertz CT molecular complexity index is 938. The van der Waals surface area contributed by atoms with Crippen LogP contribution in [0.1, 0.15) is 35.2 Å². The maximum Gasteiger partial charge on any atom is 0.162 e. The zero-order valence-electron chi connectivity index (χ0n) is 17.0. The molecule has 0 bridgehead atoms. The molecule has 0 aliphatic carbocycles. The maximum absolute atomic E-state index is 6.14. The molecule has 29 heavy (non-hydrogen) atoms. The van der Waals surface area contributed by atoms with Crippen LogP contribution in [-0.4, -0.2) is 20.3 Å². The van der Waals surface area contributed by atoms with Gasteiger partial charge in [-0.2, -0.15) is 0 Å². The van der Waals surface area contributed by atoms with Gasteiger partial charge in [0.1, 0.15) is 12.4 Å². The highest BCUT2D eigenvalue weighted by Crippen LogP contribution is 2.38. The molecule has 1 N–H and O–H groups in total. The van der Waals surface area contributed by atoms with Gasteiger partial charge in [0.05, 0.1) is 19.8 Å². The molecule has 150 valence electrons. The molecule has 0 amide bonds. The molecule has 1 atom stereocenters. The van der Waals surface area contributed by atoms with Crippen LogP contribution in [0.4, 0.5) is 0 Å². The molecule has 3 aromatic rings. The average Bonchev–Trinajstić information content (AvgIpc) is 2.78. The standard InChI is InChI=1S/C25H27NO3/c1-3-28-21-11-9-19(10-12-21)25-22-16-24(29-17-18-7-5-4-6-8-18)23(27-2)15-20(22)13-14-26-25/h4-12,15-16,25-26H,3,13-14,17H2,1-2H3. The van der Waals surface area contributed by atoms with Crippen molar-refractivity contribution in [3.05, 3.63) is 89.0 Å². The Morgan fingerprint density at radius 1 is 0.931 bits per heavy atom. The number of hydrogen-bond donors (Lipinski definition) is 1. The van der Waals surface area contributed by atoms with Gasteiger partial charge in [0.2, 0.25) is 0 Å². The number of benzene rings is 3. The zero-order valence-corrected chi connectivity index (χ0v) is 17.0. The third kappa shape index (κ3) is 4.38. The molecule has 1 unspecified atom stereocenters. The van der Waals surface area contributed by atoms with Crippen molar-refractivity contribution in [3.8, 4) is 17.2 Å². The van der Waals surface area contributed by atoms with Crippen molar-refractivity contribution in [1.29, 1.82) is 0 Å². The van der Waals surface area contributed by atoms with Crippen LogP contribution < -0.4 is 19.5 Å². The summed E-state index contributed by atoms with van der Waals surface area (Å²) in [5.74, 6) is 2.45. The first kappa shape index (κ1) is 19.3. The summed E-state index contributed by atoms with van der Waals surface area (Å²) in [6.07, 6.45) is 0.970. The number of hydrogen-bond acceptors (Lipinski definition) is 4. The van der Waals surface area contributed by atoms with Crippen molar-refractivity contribution in [3.63, 3.8) is 0 Å². The Hall–Kier alpha value is -2.98. The minimum Gasteiger partial charge on any atom is -0.494 e. The van der Waals surface area contributed by atoms with E-state index in [1.807, 2.05) is 37.3 Å². The van der Waals surface area contributed by atoms with Crippen LogP contribution >= 0.6 is 0 Å². The molecule has 1 aliphatic heterocycles. The van der Waals surface area contributed by atoms with Gasteiger partial charge in [0.25, 0.3) is 0 Å². The van der Waals surface area contributed by atoms with Gasteiger partial charge in [-0.1, -0.05) is 42.5 Å². The Morgan fingerprint density at radius 2 is 1.72 bits per heavy atom. The SMILES string of the molecule is CCOc1ccc(C2NCCc3cc(OC)c(OCc4ccccc4)cc32)cc1. The Kier molecular flexibility index (Phi) is 6.01. The summed E-state index contributed by atoms with van der Waals surface area (Å²) >= 11 is 0. The normalized spacial score (nSPS) is 15.4. The highest BCUT2D eigenvalue weighted by Gasteiger charge is 2.24. The largest absolute Gasteiger partial charge is 0.494 e. The van der Waals surface area contributed by atoms with E-state index < -0.39 is 0 Å². The van der Waals surface area contributed by atoms with Crippen LogP contribution in [0.5, 0.6) is 17.2 Å². The summed E-state index contributed by atoms with van der Waals surface area (Å²) in [5, 5.41) is 3.64. The van der Waals surface area contributed by atoms with Crippen LogP contribution in [0.3, 0.4) is 0 Å². The highest BCUT2D eigenvalue weighted by atomic mass is 16.5. The second kappa shape index (κ2) is 9.01. The molecule has 0 fully saturated rings. The van der Waals surface area contributed by atoms with Crippen LogP contribution in [-0.2, 0) is 13.0 Å². The first-order valence-corrected chi connectivity index (χ1v) is 10.1. The van der Waals surface area contributed by atoms with Crippen molar-refractivity contribution in [2.24, 2.45) is 0 Å². The van der Waals surface area contributed by atoms with Crippen LogP contribution in [0.15, 0.2) is 66.7 Å². The Morgan fingerprint density at radius 3 is 2.45 bits per heavy atom. The third-order valence-corrected chi connectivity index (χ3v) is 5.24. The van der Waals surface area contributed by atoms with Crippen molar-refractivity contribution < 1.29 is 14.2 Å². The van der Waals surface area contributed by atoms with E-state index in [0.717, 1.165) is 35.8 Å². The maximum atomic E-state index is 6.14. The monoisotopic (exact) mass is 389 g/mol. The van der Waals surface area contributed by atoms with Crippen molar-refractivity contribution in [2.75, 3.05) is 20.3 Å². The summed E-state index contributed by atoms with van der Waals surface area (Å²) in [6, 6.07) is 22.9. The van der Waals surface area contributed by atoms with E-state index >= 15 is 0 Å². The fraction of sp³-hybridized carbons (Fsp3) is 0.280. The van der Waals surface area contributed by atoms with E-state index in [2.05, 4.69) is 41.7 Å². The quantitative estimate of drug-likeness (QED) is 0.623. The third-order valence-electron chi connectivity index (χ3n) is 5.24. The Labute approximate surface area is 172 Å². The molecule has 3 aromatic carbocycles. The van der Waals surface area contributed by atoms with Crippen LogP contribution in [0, 0.1) is 0 Å². The van der Waals surface area contributed by atoms with Gasteiger partial charge < -0.3 is 19.5 Å². The van der Waals surface area contributed by atoms with Gasteiger partial charge in [0, 0.05) is 6.54 Å². The van der Waals surface area contributed by atoms with E-state index in [0.29, 0.717) is 13.2 Å². The molecule has 0 aromatic heterocycles. The van der Waals surface area contributed by atoms with E-state index in [4.69, 9.17) is 14.2 Å². The summed E-state index contributed by atoms with van der Waals surface area (Å²) in [7, 11) is 1.70. The number of fused-ring (bicyclic) bond motifs is 1. The average molecular weight is 389 g/mol. The molecule has 4 nitrogen and oxygen atoms in total. The number of ether oxygens (including phenoxy) is 3. The van der Waals surface area contributed by atoms with Gasteiger partial charge in [0.15, 0.2) is 11.5 Å². The predicted octanol–water partition coefficient (Wildman–Crippen LogP) is 4.91. The second-order valence-corrected chi connectivity index (χ2v) is 7.12. The van der Waals surface area contributed by atoms with Gasteiger partial charge >= 0.3 is 0 Å². The van der Waals surface area contributed by atoms with Crippen LogP contribution in [0.2, 0.25) is 0 Å². The lowest BCUT2D eigenvalue weighted by atomic mass is 9.89. The minimum atomic E-state index is 0.124. The van der Waals surface area contributed by atoms with Gasteiger partial charge in [-0.05, 0) is 59.9 Å². The fourth-order valence-corrected chi connectivity index (χ4v) is 3.79. The van der Waals surface area contributed by atoms with E-state index in [-0.39, 0.29) is 6.04 Å². The van der Waals surface area contributed by atoms with Gasteiger partial charge in [-0.25, -0.2) is 0 Å². The fourth-order valence-electron chi connectivity index (χ4n) is 3.79. The Balaban J connectivity index is 1.63. The number of nitrogens with one attached hydrogen (secondary N) is 1. The topological polar surface area (TPSA) is 39.7 Å². The zero-order chi connectivity index (χ0) is 20.1. The smallest absolute Gasteiger partial charge is 0.162 e. The summed E-state index contributed by atoms with van der Waals surface area (Å²) in [5.41, 5.74) is 4.89. The molecule has 0 saturated carbocycles. The van der Waals surface area contributed by atoms with Gasteiger partial charge in [-0.15, -0.1) is 0 Å². The van der Waals surface area contributed by atoms with E-state index in [1.54, 1.807) is 7.11 Å². The highest BCUT2D eigenvalue weighted by molar-refractivity contribution is 5.52. The van der Waals surface area contributed by atoms with Crippen molar-refractivity contribution >= 4 is 0 Å². The van der Waals surface area contributed by atoms with Gasteiger partial charge in [-0.3, -0.25) is 0 Å². The first-order valence-electron chi connectivity index (χ1n) is 10.1. The van der Waals surface area contributed by atoms with Crippen molar-refractivity contribution in [2.45, 2.75) is 26.0 Å². The molecular weight excluding hydrogens is 362 g/mol. The predicted molar refractivity (Wildman–Crippen MR) is 115 cm³/mol. The molecule has 1 heterocycles. The van der Waals surface area contributed by atoms with Crippen molar-refractivity contribution in [1.82, 2.24) is 5.32 Å². The number of rotatable bonds is 7. The van der Waals surface area contributed by atoms with E-state index in [9.17, 15) is 0 Å². The lowest BCUT2D eigenvalue weighted by Gasteiger charge is -2.29. The molecule has 0 saturated heterocycles. The van der Waals surface area contributed by atoms with Crippen LogP contribution in [0.25, 0.3) is 0 Å². The molecule has 4 heteroatoms. The molecule has 4 rings (SSSR count). The molecule has 1 aliphatic rings. The summed E-state index contributed by atoms with van der Waals surface area (Å²) < 4.78 is 17.3. The first-order chi connectivity index (χ1) is 14.3. The lowest BCUT2D eigenvalue weighted by Crippen LogP contribution is -2.30. The molecule has 0 radical (unpaired) electrons. The number of methoxy groups -OCH3 is 1. The van der Waals surface area contributed by atoms with E-state index in [1.165, 1.54) is 16.7 Å². The molecule has 0 spiro atoms.